The number of hydrogen-bond acceptors (Lipinski definition) is 0. The van der Waals surface area contributed by atoms with Crippen molar-refractivity contribution in [3.8, 4) is 11.3 Å². The van der Waals surface area contributed by atoms with Gasteiger partial charge in [0, 0.05) is 17.0 Å². The predicted molar refractivity (Wildman–Crippen MR) is 72.0 cm³/mol. The van der Waals surface area contributed by atoms with Gasteiger partial charge in [0.15, 0.2) is 0 Å². The van der Waals surface area contributed by atoms with Crippen LogP contribution in [-0.4, -0.2) is 4.98 Å². The zero-order chi connectivity index (χ0) is 11.8. The molecule has 1 nitrogen and oxygen atoms in total. The number of hydrogen-bond donors (Lipinski definition) is 1. The van der Waals surface area contributed by atoms with Gasteiger partial charge >= 0.3 is 0 Å². The van der Waals surface area contributed by atoms with Gasteiger partial charge in [-0.1, -0.05) is 35.4 Å². The first-order valence-electron chi connectivity index (χ1n) is 5.81. The Morgan fingerprint density at radius 1 is 0.941 bits per heavy atom. The van der Waals surface area contributed by atoms with Crippen LogP contribution in [0.5, 0.6) is 0 Å². The molecule has 0 fully saturated rings. The Bertz CT molecular complexity index is 624. The van der Waals surface area contributed by atoms with E-state index >= 15 is 0 Å². The second kappa shape index (κ2) is 3.77. The minimum Gasteiger partial charge on any atom is -0.354 e. The maximum Gasteiger partial charge on any atom is 0.0545 e. The first kappa shape index (κ1) is 10.2. The second-order valence-electron chi connectivity index (χ2n) is 4.55. The van der Waals surface area contributed by atoms with Crippen LogP contribution < -0.4 is 0 Å². The summed E-state index contributed by atoms with van der Waals surface area (Å²) in [7, 11) is 0. The van der Waals surface area contributed by atoms with E-state index in [1.54, 1.807) is 0 Å². The van der Waals surface area contributed by atoms with Gasteiger partial charge in [-0.3, -0.25) is 0 Å². The fourth-order valence-electron chi connectivity index (χ4n) is 2.27. The van der Waals surface area contributed by atoms with E-state index in [2.05, 4.69) is 55.2 Å². The molecule has 83 valence electrons. The topological polar surface area (TPSA) is 15.8 Å². The van der Waals surface area contributed by atoms with Gasteiger partial charge in [0.1, 0.15) is 0 Å². The van der Waals surface area contributed by atoms with Crippen LogP contribution in [-0.2, 0) is 0 Å². The molecule has 1 heterocycles. The van der Waals surface area contributed by atoms with Gasteiger partial charge in [-0.05, 0) is 37.6 Å². The molecule has 0 spiro atoms. The molecule has 1 radical (unpaired) electrons. The molecular formula is C16H14N. The molecule has 0 unspecified atom stereocenters. The van der Waals surface area contributed by atoms with Gasteiger partial charge in [0.2, 0.25) is 0 Å². The number of fused-ring (bicyclic) bond motifs is 1. The van der Waals surface area contributed by atoms with Crippen LogP contribution in [0.3, 0.4) is 0 Å². The highest BCUT2D eigenvalue weighted by Gasteiger charge is 2.04. The molecule has 3 rings (SSSR count). The monoisotopic (exact) mass is 220 g/mol. The molecule has 3 aromatic rings. The first-order chi connectivity index (χ1) is 8.22. The molecule has 0 amide bonds. The lowest BCUT2D eigenvalue weighted by Gasteiger charge is -2.02. The minimum atomic E-state index is 1.07. The highest BCUT2D eigenvalue weighted by Crippen LogP contribution is 2.24. The maximum atomic E-state index is 3.41. The van der Waals surface area contributed by atoms with Crippen molar-refractivity contribution in [2.24, 2.45) is 0 Å². The van der Waals surface area contributed by atoms with Crippen LogP contribution in [0.2, 0.25) is 0 Å². The second-order valence-corrected chi connectivity index (χ2v) is 4.55. The van der Waals surface area contributed by atoms with Crippen molar-refractivity contribution in [1.82, 2.24) is 4.98 Å². The van der Waals surface area contributed by atoms with Crippen molar-refractivity contribution in [3.63, 3.8) is 0 Å². The smallest absolute Gasteiger partial charge is 0.0545 e. The quantitative estimate of drug-likeness (QED) is 0.631. The van der Waals surface area contributed by atoms with Gasteiger partial charge < -0.3 is 4.98 Å². The third kappa shape index (κ3) is 1.84. The third-order valence-corrected chi connectivity index (χ3v) is 2.96. The minimum absolute atomic E-state index is 1.07. The normalized spacial score (nSPS) is 10.9. The zero-order valence-corrected chi connectivity index (χ0v) is 10.0. The summed E-state index contributed by atoms with van der Waals surface area (Å²) in [5.41, 5.74) is 5.98. The molecule has 1 heteroatoms. The van der Waals surface area contributed by atoms with E-state index in [0.717, 1.165) is 16.6 Å². The average molecular weight is 220 g/mol. The Morgan fingerprint density at radius 3 is 2.35 bits per heavy atom. The fraction of sp³-hybridized carbons (Fsp3) is 0.125. The highest BCUT2D eigenvalue weighted by molar-refractivity contribution is 5.85. The largest absolute Gasteiger partial charge is 0.354 e. The van der Waals surface area contributed by atoms with Crippen molar-refractivity contribution < 1.29 is 0 Å². The van der Waals surface area contributed by atoms with Crippen LogP contribution in [0.1, 0.15) is 11.1 Å². The Kier molecular flexibility index (Phi) is 2.25. The first-order valence-corrected chi connectivity index (χ1v) is 5.81. The summed E-state index contributed by atoms with van der Waals surface area (Å²) in [5.74, 6) is 0. The molecular weight excluding hydrogens is 206 g/mol. The zero-order valence-electron chi connectivity index (χ0n) is 10.0. The highest BCUT2D eigenvalue weighted by atomic mass is 14.7. The van der Waals surface area contributed by atoms with E-state index in [1.807, 2.05) is 12.1 Å². The number of benzene rings is 2. The summed E-state index contributed by atoms with van der Waals surface area (Å²) < 4.78 is 0. The van der Waals surface area contributed by atoms with Crippen LogP contribution in [0.4, 0.5) is 0 Å². The molecule has 17 heavy (non-hydrogen) atoms. The van der Waals surface area contributed by atoms with Crippen molar-refractivity contribution >= 4 is 10.9 Å². The molecule has 0 aliphatic rings. The van der Waals surface area contributed by atoms with Crippen molar-refractivity contribution in [3.05, 3.63) is 59.7 Å². The Hall–Kier alpha value is -2.02. The molecule has 1 aromatic heterocycles. The lowest BCUT2D eigenvalue weighted by Crippen LogP contribution is -1.82. The molecule has 0 aliphatic heterocycles. The van der Waals surface area contributed by atoms with Crippen LogP contribution >= 0.6 is 0 Å². The maximum absolute atomic E-state index is 3.41. The van der Waals surface area contributed by atoms with E-state index in [4.69, 9.17) is 0 Å². The van der Waals surface area contributed by atoms with Crippen molar-refractivity contribution in [1.29, 1.82) is 0 Å². The number of aryl methyl sites for hydroxylation is 2. The van der Waals surface area contributed by atoms with Crippen LogP contribution in [0.25, 0.3) is 22.2 Å². The van der Waals surface area contributed by atoms with E-state index < -0.39 is 0 Å². The van der Waals surface area contributed by atoms with Gasteiger partial charge in [0.05, 0.1) is 5.69 Å². The summed E-state index contributed by atoms with van der Waals surface area (Å²) in [6.45, 7) is 4.25. The predicted octanol–water partition coefficient (Wildman–Crippen LogP) is 4.25. The number of H-pyrrole nitrogens is 1. The van der Waals surface area contributed by atoms with Gasteiger partial charge in [-0.25, -0.2) is 0 Å². The molecule has 1 N–H and O–H groups in total. The van der Waals surface area contributed by atoms with Gasteiger partial charge in [0.25, 0.3) is 0 Å². The summed E-state index contributed by atoms with van der Waals surface area (Å²) in [5, 5.41) is 1.14. The Balaban J connectivity index is 2.20. The van der Waals surface area contributed by atoms with E-state index in [0.29, 0.717) is 0 Å². The number of aromatic nitrogens is 1. The summed E-state index contributed by atoms with van der Waals surface area (Å²) in [4.78, 5) is 3.41. The molecule has 0 bridgehead atoms. The average Bonchev–Trinajstić information content (AvgIpc) is 2.71. The van der Waals surface area contributed by atoms with Crippen molar-refractivity contribution in [2.45, 2.75) is 13.8 Å². The Morgan fingerprint density at radius 2 is 1.65 bits per heavy atom. The SMILES string of the molecule is Cc1cc(C)cc(-c2[c]c3ccccc3[nH]2)c1. The summed E-state index contributed by atoms with van der Waals surface area (Å²) in [6, 6.07) is 18.2. The molecule has 0 saturated heterocycles. The number of para-hydroxylation sites is 1. The fourth-order valence-corrected chi connectivity index (χ4v) is 2.27. The molecule has 2 aromatic carbocycles. The van der Waals surface area contributed by atoms with E-state index in [9.17, 15) is 0 Å². The number of nitrogens with one attached hydrogen (secondary N) is 1. The van der Waals surface area contributed by atoms with Crippen molar-refractivity contribution in [2.75, 3.05) is 0 Å². The van der Waals surface area contributed by atoms with Gasteiger partial charge in [-0.15, -0.1) is 0 Å². The van der Waals surface area contributed by atoms with Gasteiger partial charge in [-0.2, -0.15) is 0 Å². The molecule has 0 aliphatic carbocycles. The van der Waals surface area contributed by atoms with E-state index in [1.165, 1.54) is 16.7 Å². The lowest BCUT2D eigenvalue weighted by atomic mass is 10.1. The summed E-state index contributed by atoms with van der Waals surface area (Å²) >= 11 is 0. The third-order valence-electron chi connectivity index (χ3n) is 2.96. The van der Waals surface area contributed by atoms with Crippen LogP contribution in [0.15, 0.2) is 42.5 Å². The lowest BCUT2D eigenvalue weighted by molar-refractivity contribution is 1.36. The number of aromatic amines is 1. The summed E-state index contributed by atoms with van der Waals surface area (Å²) in [6.07, 6.45) is 0. The molecule has 0 saturated carbocycles. The Labute approximate surface area is 101 Å². The number of rotatable bonds is 1. The van der Waals surface area contributed by atoms with Crippen LogP contribution in [0, 0.1) is 19.9 Å². The molecule has 0 atom stereocenters. The standard InChI is InChI=1S/C16H14N/c1-11-7-12(2)9-14(8-11)16-10-13-5-3-4-6-15(13)17-16/h3-9,17H,1-2H3. The van der Waals surface area contributed by atoms with E-state index in [-0.39, 0.29) is 0 Å².